The topological polar surface area (TPSA) is 97.4 Å². The SMILES string of the molecule is CCNC(=NCc1cccc([N+](=O)[O-])c1)NC(C)Cc1c(C)nn(C)c1C.I. The van der Waals surface area contributed by atoms with Gasteiger partial charge in [0.15, 0.2) is 5.96 Å². The number of hydrogen-bond acceptors (Lipinski definition) is 4. The number of nitrogens with one attached hydrogen (secondary N) is 2. The van der Waals surface area contributed by atoms with Crippen LogP contribution in [0.25, 0.3) is 0 Å². The maximum atomic E-state index is 10.9. The molecular formula is C19H29IN6O2. The van der Waals surface area contributed by atoms with Gasteiger partial charge < -0.3 is 10.6 Å². The van der Waals surface area contributed by atoms with Crippen molar-refractivity contribution in [1.29, 1.82) is 0 Å². The van der Waals surface area contributed by atoms with Gasteiger partial charge >= 0.3 is 0 Å². The molecule has 9 heteroatoms. The first-order valence-corrected chi connectivity index (χ1v) is 9.09. The van der Waals surface area contributed by atoms with Gasteiger partial charge in [0.2, 0.25) is 0 Å². The number of halogens is 1. The second-order valence-electron chi connectivity index (χ2n) is 6.64. The summed E-state index contributed by atoms with van der Waals surface area (Å²) in [6.07, 6.45) is 0.840. The Morgan fingerprint density at radius 2 is 2.11 bits per heavy atom. The molecule has 8 nitrogen and oxygen atoms in total. The fourth-order valence-electron chi connectivity index (χ4n) is 2.96. The average molecular weight is 500 g/mol. The van der Waals surface area contributed by atoms with Crippen LogP contribution in [0.3, 0.4) is 0 Å². The quantitative estimate of drug-likeness (QED) is 0.200. The minimum Gasteiger partial charge on any atom is -0.357 e. The predicted octanol–water partition coefficient (Wildman–Crippen LogP) is 3.25. The molecule has 0 amide bonds. The zero-order valence-corrected chi connectivity index (χ0v) is 19.4. The first-order valence-electron chi connectivity index (χ1n) is 9.09. The van der Waals surface area contributed by atoms with Crippen LogP contribution >= 0.6 is 24.0 Å². The van der Waals surface area contributed by atoms with E-state index in [2.05, 4.69) is 34.6 Å². The van der Waals surface area contributed by atoms with Gasteiger partial charge in [-0.3, -0.25) is 14.8 Å². The summed E-state index contributed by atoms with van der Waals surface area (Å²) in [4.78, 5) is 15.1. The summed E-state index contributed by atoms with van der Waals surface area (Å²) in [5, 5.41) is 22.0. The van der Waals surface area contributed by atoms with E-state index in [-0.39, 0.29) is 35.7 Å². The third-order valence-electron chi connectivity index (χ3n) is 4.44. The summed E-state index contributed by atoms with van der Waals surface area (Å²) >= 11 is 0. The molecule has 2 aromatic rings. The summed E-state index contributed by atoms with van der Waals surface area (Å²) in [5.41, 5.74) is 4.33. The molecule has 0 aliphatic heterocycles. The molecule has 28 heavy (non-hydrogen) atoms. The maximum absolute atomic E-state index is 10.9. The lowest BCUT2D eigenvalue weighted by atomic mass is 10.1. The van der Waals surface area contributed by atoms with E-state index in [1.54, 1.807) is 12.1 Å². The van der Waals surface area contributed by atoms with E-state index in [9.17, 15) is 10.1 Å². The second kappa shape index (κ2) is 11.0. The highest BCUT2D eigenvalue weighted by Crippen LogP contribution is 2.15. The fraction of sp³-hybridized carbons (Fsp3) is 0.474. The van der Waals surface area contributed by atoms with Gasteiger partial charge in [-0.15, -0.1) is 24.0 Å². The molecule has 0 spiro atoms. The Bertz CT molecular complexity index is 834. The highest BCUT2D eigenvalue weighted by Gasteiger charge is 2.14. The van der Waals surface area contributed by atoms with E-state index in [4.69, 9.17) is 0 Å². The Hall–Kier alpha value is -2.17. The third kappa shape index (κ3) is 6.47. The summed E-state index contributed by atoms with van der Waals surface area (Å²) in [6.45, 7) is 9.31. The van der Waals surface area contributed by atoms with Crippen molar-refractivity contribution >= 4 is 35.6 Å². The van der Waals surface area contributed by atoms with Crippen LogP contribution in [0.1, 0.15) is 36.4 Å². The Morgan fingerprint density at radius 1 is 1.39 bits per heavy atom. The molecule has 0 radical (unpaired) electrons. The number of benzene rings is 1. The third-order valence-corrected chi connectivity index (χ3v) is 4.44. The van der Waals surface area contributed by atoms with Crippen LogP contribution in [0.15, 0.2) is 29.3 Å². The van der Waals surface area contributed by atoms with E-state index in [0.717, 1.165) is 24.2 Å². The maximum Gasteiger partial charge on any atom is 0.269 e. The average Bonchev–Trinajstić information content (AvgIpc) is 2.86. The van der Waals surface area contributed by atoms with Crippen molar-refractivity contribution in [3.63, 3.8) is 0 Å². The summed E-state index contributed by atoms with van der Waals surface area (Å²) in [6, 6.07) is 6.72. The smallest absolute Gasteiger partial charge is 0.269 e. The van der Waals surface area contributed by atoms with Gasteiger partial charge in [-0.25, -0.2) is 4.99 Å². The Labute approximate surface area is 183 Å². The summed E-state index contributed by atoms with van der Waals surface area (Å²) < 4.78 is 1.90. The molecule has 1 heterocycles. The molecule has 0 aliphatic rings. The molecule has 0 fully saturated rings. The Balaban J connectivity index is 0.00000392. The molecule has 2 N–H and O–H groups in total. The van der Waals surface area contributed by atoms with Crippen molar-refractivity contribution in [3.8, 4) is 0 Å². The van der Waals surface area contributed by atoms with Gasteiger partial charge in [0, 0.05) is 37.5 Å². The van der Waals surface area contributed by atoms with Gasteiger partial charge in [-0.1, -0.05) is 12.1 Å². The van der Waals surface area contributed by atoms with Gasteiger partial charge in [0.1, 0.15) is 0 Å². The number of aromatic nitrogens is 2. The van der Waals surface area contributed by atoms with Crippen molar-refractivity contribution < 1.29 is 4.92 Å². The van der Waals surface area contributed by atoms with E-state index in [1.807, 2.05) is 31.6 Å². The molecule has 0 bridgehead atoms. The van der Waals surface area contributed by atoms with E-state index < -0.39 is 4.92 Å². The minimum atomic E-state index is -0.392. The van der Waals surface area contributed by atoms with Gasteiger partial charge in [0.25, 0.3) is 5.69 Å². The van der Waals surface area contributed by atoms with Crippen LogP contribution in [-0.4, -0.2) is 33.2 Å². The standard InChI is InChI=1S/C19H28N6O2.HI/c1-6-20-19(21-12-16-8-7-9-17(11-16)25(26)27)22-13(2)10-18-14(3)23-24(5)15(18)4;/h7-9,11,13H,6,10,12H2,1-5H3,(H2,20,21,22);1H. The zero-order valence-electron chi connectivity index (χ0n) is 17.0. The number of rotatable bonds is 7. The normalized spacial score (nSPS) is 12.2. The highest BCUT2D eigenvalue weighted by molar-refractivity contribution is 14.0. The molecular weight excluding hydrogens is 471 g/mol. The van der Waals surface area contributed by atoms with Gasteiger partial charge in [-0.2, -0.15) is 5.10 Å². The largest absolute Gasteiger partial charge is 0.357 e. The first-order chi connectivity index (χ1) is 12.8. The number of non-ortho nitro benzene ring substituents is 1. The van der Waals surface area contributed by atoms with Crippen LogP contribution in [0, 0.1) is 24.0 Å². The lowest BCUT2D eigenvalue weighted by Gasteiger charge is -2.18. The fourth-order valence-corrected chi connectivity index (χ4v) is 2.96. The minimum absolute atomic E-state index is 0. The monoisotopic (exact) mass is 500 g/mol. The van der Waals surface area contributed by atoms with Crippen LogP contribution in [0.2, 0.25) is 0 Å². The van der Waals surface area contributed by atoms with E-state index in [0.29, 0.717) is 12.5 Å². The number of hydrogen-bond donors (Lipinski definition) is 2. The lowest BCUT2D eigenvalue weighted by molar-refractivity contribution is -0.384. The lowest BCUT2D eigenvalue weighted by Crippen LogP contribution is -2.43. The van der Waals surface area contributed by atoms with Crippen LogP contribution in [-0.2, 0) is 20.0 Å². The predicted molar refractivity (Wildman–Crippen MR) is 122 cm³/mol. The number of nitro benzene ring substituents is 1. The first kappa shape index (κ1) is 23.9. The zero-order chi connectivity index (χ0) is 20.0. The number of aryl methyl sites for hydroxylation is 2. The van der Waals surface area contributed by atoms with Crippen LogP contribution in [0.5, 0.6) is 0 Å². The number of aliphatic imine (C=N–C) groups is 1. The highest BCUT2D eigenvalue weighted by atomic mass is 127. The molecule has 1 aromatic heterocycles. The number of nitrogens with zero attached hydrogens (tertiary/aromatic N) is 4. The summed E-state index contributed by atoms with van der Waals surface area (Å²) in [7, 11) is 1.95. The van der Waals surface area contributed by atoms with Gasteiger partial charge in [-0.05, 0) is 45.2 Å². The molecule has 1 aromatic carbocycles. The van der Waals surface area contributed by atoms with Crippen LogP contribution in [0.4, 0.5) is 5.69 Å². The Kier molecular flexibility index (Phi) is 9.36. The Morgan fingerprint density at radius 3 is 2.68 bits per heavy atom. The van der Waals surface area contributed by atoms with E-state index in [1.165, 1.54) is 17.3 Å². The molecule has 0 saturated carbocycles. The van der Waals surface area contributed by atoms with Gasteiger partial charge in [0.05, 0.1) is 17.2 Å². The number of guanidine groups is 1. The van der Waals surface area contributed by atoms with Crippen molar-refractivity contribution in [2.75, 3.05) is 6.54 Å². The molecule has 0 saturated heterocycles. The summed E-state index contributed by atoms with van der Waals surface area (Å²) in [5.74, 6) is 0.690. The molecule has 2 rings (SSSR count). The molecule has 154 valence electrons. The molecule has 1 unspecified atom stereocenters. The van der Waals surface area contributed by atoms with Crippen molar-refractivity contribution in [1.82, 2.24) is 20.4 Å². The van der Waals surface area contributed by atoms with Crippen molar-refractivity contribution in [2.24, 2.45) is 12.0 Å². The number of nitro groups is 1. The van der Waals surface area contributed by atoms with Crippen molar-refractivity contribution in [2.45, 2.75) is 46.7 Å². The molecule has 1 atom stereocenters. The second-order valence-corrected chi connectivity index (χ2v) is 6.64. The molecule has 0 aliphatic carbocycles. The van der Waals surface area contributed by atoms with Crippen LogP contribution < -0.4 is 10.6 Å². The van der Waals surface area contributed by atoms with E-state index >= 15 is 0 Å². The van der Waals surface area contributed by atoms with Crippen molar-refractivity contribution in [3.05, 3.63) is 56.9 Å².